The highest BCUT2D eigenvalue weighted by Crippen LogP contribution is 2.44. The van der Waals surface area contributed by atoms with Gasteiger partial charge in [-0.1, -0.05) is 60.1 Å². The van der Waals surface area contributed by atoms with Crippen molar-refractivity contribution in [2.75, 3.05) is 18.5 Å². The lowest BCUT2D eigenvalue weighted by atomic mass is 9.98. The predicted molar refractivity (Wildman–Crippen MR) is 134 cm³/mol. The number of carbonyl (C=O) groups excluding carboxylic acids is 2. The maximum atomic E-state index is 12.9. The van der Waals surface area contributed by atoms with Crippen LogP contribution in [0.15, 0.2) is 66.7 Å². The lowest BCUT2D eigenvalue weighted by Gasteiger charge is -2.25. The first kappa shape index (κ1) is 24.3. The third-order valence-electron chi connectivity index (χ3n) is 5.98. The largest absolute Gasteiger partial charge is 0.480 e. The van der Waals surface area contributed by atoms with Crippen molar-refractivity contribution < 1.29 is 24.2 Å². The van der Waals surface area contributed by atoms with Gasteiger partial charge in [0.15, 0.2) is 0 Å². The first-order chi connectivity index (χ1) is 16.8. The third-order valence-corrected chi connectivity index (χ3v) is 6.31. The van der Waals surface area contributed by atoms with E-state index in [1.54, 1.807) is 13.8 Å². The van der Waals surface area contributed by atoms with Crippen molar-refractivity contribution >= 4 is 35.3 Å². The van der Waals surface area contributed by atoms with Crippen LogP contribution in [-0.4, -0.2) is 47.2 Å². The molecule has 2 amide bonds. The number of carbonyl (C=O) groups is 3. The summed E-state index contributed by atoms with van der Waals surface area (Å²) in [5.41, 5.74) is 4.86. The van der Waals surface area contributed by atoms with Gasteiger partial charge in [-0.3, -0.25) is 14.9 Å². The summed E-state index contributed by atoms with van der Waals surface area (Å²) in [6, 6.07) is 20.1. The minimum Gasteiger partial charge on any atom is -0.480 e. The molecule has 0 heterocycles. The van der Waals surface area contributed by atoms with E-state index in [0.717, 1.165) is 22.3 Å². The zero-order valence-corrected chi connectivity index (χ0v) is 20.1. The molecule has 8 heteroatoms. The van der Waals surface area contributed by atoms with E-state index in [1.165, 1.54) is 23.1 Å². The van der Waals surface area contributed by atoms with E-state index in [0.29, 0.717) is 0 Å². The molecule has 4 rings (SSSR count). The summed E-state index contributed by atoms with van der Waals surface area (Å²) in [5.74, 6) is -1.68. The van der Waals surface area contributed by atoms with E-state index in [9.17, 15) is 14.4 Å². The second kappa shape index (κ2) is 10.2. The van der Waals surface area contributed by atoms with Crippen molar-refractivity contribution in [3.63, 3.8) is 0 Å². The normalized spacial score (nSPS) is 12.1. The number of fused-ring (bicyclic) bond motifs is 3. The topological polar surface area (TPSA) is 95.9 Å². The molecule has 0 saturated heterocycles. The quantitative estimate of drug-likeness (QED) is 0.445. The summed E-state index contributed by atoms with van der Waals surface area (Å²) in [5, 5.41) is 12.0. The number of benzene rings is 3. The average Bonchev–Trinajstić information content (AvgIpc) is 3.15. The number of amides is 2. The fourth-order valence-corrected chi connectivity index (χ4v) is 4.46. The number of aliphatic carboxylic acids is 1. The molecule has 0 atom stereocenters. The molecule has 35 heavy (non-hydrogen) atoms. The van der Waals surface area contributed by atoms with Gasteiger partial charge in [0.2, 0.25) is 0 Å². The van der Waals surface area contributed by atoms with Crippen molar-refractivity contribution in [1.29, 1.82) is 0 Å². The molecule has 1 aliphatic rings. The van der Waals surface area contributed by atoms with Crippen LogP contribution >= 0.6 is 11.6 Å². The van der Waals surface area contributed by atoms with Gasteiger partial charge in [0.05, 0.1) is 10.7 Å². The van der Waals surface area contributed by atoms with Gasteiger partial charge in [0.25, 0.3) is 5.91 Å². The molecule has 2 N–H and O–H groups in total. The van der Waals surface area contributed by atoms with Gasteiger partial charge in [0.1, 0.15) is 13.2 Å². The Morgan fingerprint density at radius 3 is 2.17 bits per heavy atom. The first-order valence-electron chi connectivity index (χ1n) is 11.2. The Kier molecular flexibility index (Phi) is 7.07. The fraction of sp³-hybridized carbons (Fsp3) is 0.222. The van der Waals surface area contributed by atoms with Crippen LogP contribution in [0.3, 0.4) is 0 Å². The number of carboxylic acid groups (broad SMARTS) is 1. The number of rotatable bonds is 7. The van der Waals surface area contributed by atoms with Gasteiger partial charge in [-0.2, -0.15) is 0 Å². The molecular weight excluding hydrogens is 468 g/mol. The van der Waals surface area contributed by atoms with Gasteiger partial charge in [-0.25, -0.2) is 4.79 Å². The van der Waals surface area contributed by atoms with Gasteiger partial charge >= 0.3 is 12.1 Å². The van der Waals surface area contributed by atoms with Crippen LogP contribution in [0.4, 0.5) is 10.5 Å². The molecule has 3 aromatic rings. The van der Waals surface area contributed by atoms with Crippen molar-refractivity contribution in [3.8, 4) is 11.1 Å². The maximum Gasteiger partial charge on any atom is 0.411 e. The van der Waals surface area contributed by atoms with E-state index < -0.39 is 24.5 Å². The summed E-state index contributed by atoms with van der Waals surface area (Å²) in [4.78, 5) is 37.9. The zero-order valence-electron chi connectivity index (χ0n) is 19.3. The van der Waals surface area contributed by atoms with Crippen LogP contribution in [0, 0.1) is 0 Å². The molecule has 1 aliphatic carbocycles. The molecule has 7 nitrogen and oxygen atoms in total. The molecular formula is C27H25ClN2O5. The number of carboxylic acids is 1. The SMILES string of the molecule is CC(C)N(CC(=O)O)C(=O)c1ccc(Cl)c(NC(=O)OCC2c3ccccc3-c3ccccc32)c1. The van der Waals surface area contributed by atoms with Crippen LogP contribution in [0.5, 0.6) is 0 Å². The Balaban J connectivity index is 1.47. The highest BCUT2D eigenvalue weighted by Gasteiger charge is 2.29. The third kappa shape index (κ3) is 5.15. The highest BCUT2D eigenvalue weighted by atomic mass is 35.5. The standard InChI is InChI=1S/C27H25ClN2O5/c1-16(2)30(14-25(31)32)26(33)17-11-12-23(28)24(13-17)29-27(34)35-15-22-20-9-5-3-7-18(20)19-8-4-6-10-21(19)22/h3-13,16,22H,14-15H2,1-2H3,(H,29,34)(H,31,32). The average molecular weight is 493 g/mol. The number of hydrogen-bond acceptors (Lipinski definition) is 4. The molecule has 0 aliphatic heterocycles. The van der Waals surface area contributed by atoms with Crippen LogP contribution in [0.1, 0.15) is 41.3 Å². The monoisotopic (exact) mass is 492 g/mol. The van der Waals surface area contributed by atoms with Gasteiger partial charge < -0.3 is 14.7 Å². The summed E-state index contributed by atoms with van der Waals surface area (Å²) in [6.45, 7) is 3.16. The maximum absolute atomic E-state index is 12.9. The second-order valence-corrected chi connectivity index (χ2v) is 8.97. The summed E-state index contributed by atoms with van der Waals surface area (Å²) >= 11 is 6.24. The van der Waals surface area contributed by atoms with Gasteiger partial charge in [0, 0.05) is 17.5 Å². The number of nitrogens with zero attached hydrogens (tertiary/aromatic N) is 1. The Hall–Kier alpha value is -3.84. The summed E-state index contributed by atoms with van der Waals surface area (Å²) < 4.78 is 5.56. The van der Waals surface area contributed by atoms with E-state index >= 15 is 0 Å². The van der Waals surface area contributed by atoms with E-state index in [-0.39, 0.29) is 34.8 Å². The fourth-order valence-electron chi connectivity index (χ4n) is 4.30. The Morgan fingerprint density at radius 2 is 1.60 bits per heavy atom. The molecule has 0 saturated carbocycles. The molecule has 180 valence electrons. The van der Waals surface area contributed by atoms with E-state index in [4.69, 9.17) is 21.4 Å². The van der Waals surface area contributed by atoms with Crippen LogP contribution in [0.25, 0.3) is 11.1 Å². The minimum absolute atomic E-state index is 0.0906. The van der Waals surface area contributed by atoms with Crippen LogP contribution in [0.2, 0.25) is 5.02 Å². The first-order valence-corrected chi connectivity index (χ1v) is 11.6. The summed E-state index contributed by atoms with van der Waals surface area (Å²) in [6.07, 6.45) is -0.704. The number of nitrogens with one attached hydrogen (secondary N) is 1. The van der Waals surface area contributed by atoms with E-state index in [1.807, 2.05) is 36.4 Å². The van der Waals surface area contributed by atoms with Gasteiger partial charge in [-0.05, 0) is 54.3 Å². The van der Waals surface area contributed by atoms with Crippen LogP contribution < -0.4 is 5.32 Å². The highest BCUT2D eigenvalue weighted by molar-refractivity contribution is 6.33. The lowest BCUT2D eigenvalue weighted by molar-refractivity contribution is -0.138. The predicted octanol–water partition coefficient (Wildman–Crippen LogP) is 5.64. The molecule has 0 aromatic heterocycles. The van der Waals surface area contributed by atoms with Crippen molar-refractivity contribution in [2.24, 2.45) is 0 Å². The van der Waals surface area contributed by atoms with Crippen LogP contribution in [-0.2, 0) is 9.53 Å². The second-order valence-electron chi connectivity index (χ2n) is 8.57. The molecule has 0 spiro atoms. The smallest absolute Gasteiger partial charge is 0.411 e. The molecule has 0 radical (unpaired) electrons. The van der Waals surface area contributed by atoms with Crippen molar-refractivity contribution in [3.05, 3.63) is 88.4 Å². The molecule has 3 aromatic carbocycles. The molecule has 0 unspecified atom stereocenters. The zero-order chi connectivity index (χ0) is 25.1. The Bertz CT molecular complexity index is 1240. The van der Waals surface area contributed by atoms with Gasteiger partial charge in [-0.15, -0.1) is 0 Å². The number of halogens is 1. The summed E-state index contributed by atoms with van der Waals surface area (Å²) in [7, 11) is 0. The molecule has 0 fully saturated rings. The lowest BCUT2D eigenvalue weighted by Crippen LogP contribution is -2.40. The number of hydrogen-bond donors (Lipinski definition) is 2. The Labute approximate surface area is 208 Å². The van der Waals surface area contributed by atoms with Crippen molar-refractivity contribution in [1.82, 2.24) is 4.90 Å². The number of anilines is 1. The van der Waals surface area contributed by atoms with Crippen molar-refractivity contribution in [2.45, 2.75) is 25.8 Å². The minimum atomic E-state index is -1.11. The number of ether oxygens (including phenoxy) is 1. The van der Waals surface area contributed by atoms with E-state index in [2.05, 4.69) is 17.4 Å². The Morgan fingerprint density at radius 1 is 1.00 bits per heavy atom. The molecule has 0 bridgehead atoms.